The highest BCUT2D eigenvalue weighted by atomic mass is 32.2. The van der Waals surface area contributed by atoms with Crippen LogP contribution in [0.25, 0.3) is 0 Å². The Morgan fingerprint density at radius 2 is 1.77 bits per heavy atom. The lowest BCUT2D eigenvalue weighted by molar-refractivity contribution is -0.122. The minimum Gasteiger partial charge on any atom is -0.379 e. The first-order valence-electron chi connectivity index (χ1n) is 10.5. The summed E-state index contributed by atoms with van der Waals surface area (Å²) < 4.78 is 46.6. The fourth-order valence-corrected chi connectivity index (χ4v) is 5.00. The predicted molar refractivity (Wildman–Crippen MR) is 112 cm³/mol. The van der Waals surface area contributed by atoms with Gasteiger partial charge in [-0.25, -0.2) is 12.8 Å². The van der Waals surface area contributed by atoms with Crippen LogP contribution in [0.1, 0.15) is 23.7 Å². The Morgan fingerprint density at radius 1 is 1.10 bits per heavy atom. The third-order valence-electron chi connectivity index (χ3n) is 5.37. The number of hydrogen-bond acceptors (Lipinski definition) is 6. The summed E-state index contributed by atoms with van der Waals surface area (Å²) in [5.41, 5.74) is -0.261. The molecule has 1 aromatic rings. The van der Waals surface area contributed by atoms with Crippen molar-refractivity contribution < 1.29 is 27.1 Å². The number of ether oxygens (including phenoxy) is 1. The Balaban J connectivity index is 1.66. The van der Waals surface area contributed by atoms with Crippen molar-refractivity contribution >= 4 is 21.8 Å². The summed E-state index contributed by atoms with van der Waals surface area (Å²) >= 11 is 0. The summed E-state index contributed by atoms with van der Waals surface area (Å²) in [6.07, 6.45) is 0.861. The maximum absolute atomic E-state index is 14.4. The van der Waals surface area contributed by atoms with Crippen LogP contribution in [-0.2, 0) is 19.6 Å². The molecule has 1 aromatic carbocycles. The SMILES string of the molecule is CCCNC(=O)CN1CCN(C(=O)c2cc(S(=O)(=O)N3CCOCC3)ccc2F)CC1. The summed E-state index contributed by atoms with van der Waals surface area (Å²) in [6, 6.07) is 3.33. The molecule has 172 valence electrons. The molecule has 2 heterocycles. The van der Waals surface area contributed by atoms with Crippen molar-refractivity contribution in [2.75, 3.05) is 65.6 Å². The van der Waals surface area contributed by atoms with E-state index in [1.54, 1.807) is 0 Å². The Morgan fingerprint density at radius 3 is 2.42 bits per heavy atom. The minimum atomic E-state index is -3.83. The van der Waals surface area contributed by atoms with Crippen LogP contribution in [0.5, 0.6) is 0 Å². The maximum atomic E-state index is 14.4. The minimum absolute atomic E-state index is 0.0614. The van der Waals surface area contributed by atoms with Crippen LogP contribution in [-0.4, -0.2) is 99.9 Å². The van der Waals surface area contributed by atoms with Gasteiger partial charge < -0.3 is 15.0 Å². The van der Waals surface area contributed by atoms with Crippen molar-refractivity contribution in [2.24, 2.45) is 0 Å². The van der Waals surface area contributed by atoms with E-state index >= 15 is 0 Å². The highest BCUT2D eigenvalue weighted by Crippen LogP contribution is 2.22. The number of piperazine rings is 1. The van der Waals surface area contributed by atoms with E-state index in [1.165, 1.54) is 15.3 Å². The highest BCUT2D eigenvalue weighted by Gasteiger charge is 2.30. The summed E-state index contributed by atoms with van der Waals surface area (Å²) in [6.45, 7) is 5.53. The maximum Gasteiger partial charge on any atom is 0.256 e. The van der Waals surface area contributed by atoms with Crippen LogP contribution >= 0.6 is 0 Å². The zero-order chi connectivity index (χ0) is 22.4. The van der Waals surface area contributed by atoms with Crippen LogP contribution in [0.15, 0.2) is 23.1 Å². The number of carbonyl (C=O) groups is 2. The topological polar surface area (TPSA) is 99.3 Å². The Labute approximate surface area is 182 Å². The van der Waals surface area contributed by atoms with E-state index in [0.717, 1.165) is 18.6 Å². The molecule has 2 fully saturated rings. The Bertz CT molecular complexity index is 897. The second kappa shape index (κ2) is 10.5. The number of hydrogen-bond donors (Lipinski definition) is 1. The quantitative estimate of drug-likeness (QED) is 0.626. The third kappa shape index (κ3) is 5.79. The molecule has 0 aromatic heterocycles. The average molecular weight is 457 g/mol. The van der Waals surface area contributed by atoms with Gasteiger partial charge in [0.2, 0.25) is 15.9 Å². The average Bonchev–Trinajstić information content (AvgIpc) is 2.78. The third-order valence-corrected chi connectivity index (χ3v) is 7.27. The number of rotatable bonds is 7. The Hall–Kier alpha value is -2.08. The van der Waals surface area contributed by atoms with Gasteiger partial charge in [0.1, 0.15) is 5.82 Å². The van der Waals surface area contributed by atoms with Gasteiger partial charge >= 0.3 is 0 Å². The van der Waals surface area contributed by atoms with Crippen molar-refractivity contribution in [3.63, 3.8) is 0 Å². The Kier molecular flexibility index (Phi) is 7.98. The van der Waals surface area contributed by atoms with Crippen molar-refractivity contribution in [1.82, 2.24) is 19.4 Å². The van der Waals surface area contributed by atoms with Gasteiger partial charge in [-0.3, -0.25) is 14.5 Å². The van der Waals surface area contributed by atoms with E-state index < -0.39 is 21.7 Å². The predicted octanol–water partition coefficient (Wildman–Crippen LogP) is 0.131. The number of benzene rings is 1. The van der Waals surface area contributed by atoms with Gasteiger partial charge in [-0.1, -0.05) is 6.92 Å². The van der Waals surface area contributed by atoms with Gasteiger partial charge in [0.25, 0.3) is 5.91 Å². The molecule has 0 aliphatic carbocycles. The molecule has 2 saturated heterocycles. The first-order chi connectivity index (χ1) is 14.8. The molecule has 3 rings (SSSR count). The van der Waals surface area contributed by atoms with Gasteiger partial charge in [-0.05, 0) is 24.6 Å². The molecular formula is C20H29FN4O5S. The molecule has 11 heteroatoms. The van der Waals surface area contributed by atoms with E-state index in [9.17, 15) is 22.4 Å². The zero-order valence-corrected chi connectivity index (χ0v) is 18.5. The van der Waals surface area contributed by atoms with E-state index in [0.29, 0.717) is 45.9 Å². The fourth-order valence-electron chi connectivity index (χ4n) is 3.57. The van der Waals surface area contributed by atoms with E-state index in [1.807, 2.05) is 11.8 Å². The second-order valence-electron chi connectivity index (χ2n) is 7.58. The normalized spacial score (nSPS) is 18.7. The van der Waals surface area contributed by atoms with Gasteiger partial charge in [0.15, 0.2) is 0 Å². The zero-order valence-electron chi connectivity index (χ0n) is 17.7. The van der Waals surface area contributed by atoms with Crippen LogP contribution < -0.4 is 5.32 Å². The molecule has 2 amide bonds. The smallest absolute Gasteiger partial charge is 0.256 e. The van der Waals surface area contributed by atoms with Crippen LogP contribution in [0.2, 0.25) is 0 Å². The van der Waals surface area contributed by atoms with Gasteiger partial charge in [-0.2, -0.15) is 4.31 Å². The monoisotopic (exact) mass is 456 g/mol. The first-order valence-corrected chi connectivity index (χ1v) is 11.9. The molecular weight excluding hydrogens is 427 g/mol. The molecule has 0 atom stereocenters. The van der Waals surface area contributed by atoms with Gasteiger partial charge in [0.05, 0.1) is 30.2 Å². The second-order valence-corrected chi connectivity index (χ2v) is 9.51. The van der Waals surface area contributed by atoms with Gasteiger partial charge in [0, 0.05) is 45.8 Å². The number of halogens is 1. The fraction of sp³-hybridized carbons (Fsp3) is 0.600. The number of nitrogens with one attached hydrogen (secondary N) is 1. The van der Waals surface area contributed by atoms with E-state index in [4.69, 9.17) is 4.74 Å². The number of nitrogens with zero attached hydrogens (tertiary/aromatic N) is 3. The first kappa shape index (κ1) is 23.6. The summed E-state index contributed by atoms with van der Waals surface area (Å²) in [4.78, 5) is 28.1. The molecule has 0 unspecified atom stereocenters. The van der Waals surface area contributed by atoms with Crippen LogP contribution in [0.4, 0.5) is 4.39 Å². The van der Waals surface area contributed by atoms with Crippen molar-refractivity contribution in [3.8, 4) is 0 Å². The lowest BCUT2D eigenvalue weighted by atomic mass is 10.1. The van der Waals surface area contributed by atoms with E-state index in [-0.39, 0.29) is 36.0 Å². The summed E-state index contributed by atoms with van der Waals surface area (Å²) in [5.74, 6) is -1.37. The number of morpholine rings is 1. The largest absolute Gasteiger partial charge is 0.379 e. The van der Waals surface area contributed by atoms with Crippen molar-refractivity contribution in [2.45, 2.75) is 18.2 Å². The molecule has 0 saturated carbocycles. The van der Waals surface area contributed by atoms with Crippen molar-refractivity contribution in [1.29, 1.82) is 0 Å². The molecule has 0 spiro atoms. The standard InChI is InChI=1S/C20H29FN4O5S/c1-2-5-22-19(26)15-23-6-8-24(9-7-23)20(27)17-14-16(3-4-18(17)21)31(28,29)25-10-12-30-13-11-25/h3-4,14H,2,5-13,15H2,1H3,(H,22,26). The van der Waals surface area contributed by atoms with Crippen molar-refractivity contribution in [3.05, 3.63) is 29.6 Å². The molecule has 0 bridgehead atoms. The number of carbonyl (C=O) groups excluding carboxylic acids is 2. The summed E-state index contributed by atoms with van der Waals surface area (Å²) in [5, 5.41) is 2.81. The molecule has 1 N–H and O–H groups in total. The molecule has 9 nitrogen and oxygen atoms in total. The van der Waals surface area contributed by atoms with Crippen LogP contribution in [0, 0.1) is 5.82 Å². The molecule has 2 aliphatic rings. The van der Waals surface area contributed by atoms with Gasteiger partial charge in [-0.15, -0.1) is 0 Å². The van der Waals surface area contributed by atoms with Crippen LogP contribution in [0.3, 0.4) is 0 Å². The molecule has 0 radical (unpaired) electrons. The number of amides is 2. The summed E-state index contributed by atoms with van der Waals surface area (Å²) in [7, 11) is -3.83. The lowest BCUT2D eigenvalue weighted by Crippen LogP contribution is -2.51. The molecule has 2 aliphatic heterocycles. The number of sulfonamides is 1. The molecule has 31 heavy (non-hydrogen) atoms. The van der Waals surface area contributed by atoms with E-state index in [2.05, 4.69) is 5.32 Å². The lowest BCUT2D eigenvalue weighted by Gasteiger charge is -2.34. The highest BCUT2D eigenvalue weighted by molar-refractivity contribution is 7.89.